The molecule has 0 bridgehead atoms. The average molecular weight is 742 g/mol. The topological polar surface area (TPSA) is 179 Å². The minimum Gasteiger partial charge on any atom is -0.569 e. The molecule has 272 valence electrons. The fraction of sp³-hybridized carbons (Fsp3) is 0.273. The van der Waals surface area contributed by atoms with Crippen LogP contribution in [0.2, 0.25) is 0 Å². The van der Waals surface area contributed by atoms with Crippen molar-refractivity contribution in [2.24, 2.45) is 5.28 Å². The summed E-state index contributed by atoms with van der Waals surface area (Å²) in [6.45, 7) is 2.97. The molecular formula is C33H30F3N7O8S. The number of benzene rings is 3. The van der Waals surface area contributed by atoms with Gasteiger partial charge in [0.2, 0.25) is 11.5 Å². The number of carbonyl (C=O) groups is 3. The fourth-order valence-corrected chi connectivity index (χ4v) is 6.63. The zero-order chi connectivity index (χ0) is 37.4. The third-order valence-corrected chi connectivity index (χ3v) is 9.72. The molecule has 0 spiro atoms. The third kappa shape index (κ3) is 7.25. The quantitative estimate of drug-likeness (QED) is 0.0984. The lowest BCUT2D eigenvalue weighted by atomic mass is 10.1. The van der Waals surface area contributed by atoms with Crippen molar-refractivity contribution in [3.05, 3.63) is 106 Å². The minimum atomic E-state index is -4.73. The van der Waals surface area contributed by atoms with Crippen molar-refractivity contribution < 1.29 is 50.5 Å². The van der Waals surface area contributed by atoms with Gasteiger partial charge in [-0.05, 0) is 69.2 Å². The molecule has 2 atom stereocenters. The number of nitrogens with one attached hydrogen (secondary N) is 1. The molecule has 2 aliphatic rings. The van der Waals surface area contributed by atoms with Crippen LogP contribution in [0, 0.1) is 12.1 Å². The predicted octanol–water partition coefficient (Wildman–Crippen LogP) is 5.20. The molecule has 0 aliphatic carbocycles. The van der Waals surface area contributed by atoms with Gasteiger partial charge in [-0.25, -0.2) is 27.5 Å². The van der Waals surface area contributed by atoms with Crippen LogP contribution in [0.15, 0.2) is 89.0 Å². The van der Waals surface area contributed by atoms with Crippen molar-refractivity contribution in [1.29, 1.82) is 0 Å². The van der Waals surface area contributed by atoms with Crippen molar-refractivity contribution in [1.82, 2.24) is 24.4 Å². The Morgan fingerprint density at radius 1 is 1.06 bits per heavy atom. The van der Waals surface area contributed by atoms with Crippen molar-refractivity contribution >= 4 is 27.9 Å². The number of aromatic nitrogens is 2. The maximum atomic E-state index is 13.6. The number of hydrogen-bond donors (Lipinski definition) is 1. The monoisotopic (exact) mass is 741 g/mol. The van der Waals surface area contributed by atoms with Gasteiger partial charge in [0.1, 0.15) is 12.6 Å². The first-order valence-corrected chi connectivity index (χ1v) is 17.2. The number of alkyl halides is 3. The van der Waals surface area contributed by atoms with Crippen molar-refractivity contribution in [2.75, 3.05) is 13.2 Å². The Hall–Kier alpha value is -5.98. The van der Waals surface area contributed by atoms with Crippen molar-refractivity contribution in [3.8, 4) is 16.9 Å². The maximum Gasteiger partial charge on any atom is 0.435 e. The second-order valence-corrected chi connectivity index (χ2v) is 13.6. The number of aryl methyl sites for hydroxylation is 1. The molecule has 0 radical (unpaired) electrons. The van der Waals surface area contributed by atoms with Gasteiger partial charge in [0.15, 0.2) is 5.69 Å². The van der Waals surface area contributed by atoms with Gasteiger partial charge in [-0.15, -0.1) is 5.01 Å². The molecule has 19 heteroatoms. The van der Waals surface area contributed by atoms with E-state index in [9.17, 15) is 41.2 Å². The number of ether oxygens (including phenoxy) is 1. The summed E-state index contributed by atoms with van der Waals surface area (Å²) in [4.78, 5) is 43.6. The molecule has 1 fully saturated rings. The van der Waals surface area contributed by atoms with E-state index in [-0.39, 0.29) is 38.9 Å². The molecule has 1 aromatic heterocycles. The molecule has 15 nitrogen and oxygen atoms in total. The Bertz CT molecular complexity index is 2120. The highest BCUT2D eigenvalue weighted by Gasteiger charge is 2.40. The lowest BCUT2D eigenvalue weighted by Gasteiger charge is -2.22. The number of hydrogen-bond acceptors (Lipinski definition) is 10. The zero-order valence-corrected chi connectivity index (χ0v) is 28.3. The number of fused-ring (bicyclic) bond motifs is 1. The van der Waals surface area contributed by atoms with E-state index in [2.05, 4.69) is 10.4 Å². The van der Waals surface area contributed by atoms with Crippen molar-refractivity contribution in [2.45, 2.75) is 50.0 Å². The Morgan fingerprint density at radius 2 is 1.69 bits per heavy atom. The molecule has 1 unspecified atom stereocenters. The number of nitrogens with zero attached hydrogens (tertiary/aromatic N) is 6. The standard InChI is InChI=1S/C33H30F3N7O8S/c1-20-9-11-22(12-10-20)28-18-29(33(34,35)36)37-42(28)23-13-15-25(16-14-23)52(48,49)38-32(46)50-19-24-6-5-17-40(24)43(47)39-51-21(2)41-30(44)26-7-3-4-8-27(26)31(41)45/h3-4,7-16,18,21,24H,5-6,17,19H2,1-2H3,(H,38,46)/b43-39+/t21?,24-/m0/s1. The third-order valence-electron chi connectivity index (χ3n) is 8.39. The fourth-order valence-electron chi connectivity index (χ4n) is 5.74. The van der Waals surface area contributed by atoms with Crippen LogP contribution < -0.4 is 4.72 Å². The van der Waals surface area contributed by atoms with Gasteiger partial charge in [0, 0.05) is 5.56 Å². The molecule has 4 aromatic rings. The molecule has 3 heterocycles. The summed E-state index contributed by atoms with van der Waals surface area (Å²) in [5, 5.41) is 21.1. The lowest BCUT2D eigenvalue weighted by molar-refractivity contribution is -0.716. The van der Waals surface area contributed by atoms with Crippen LogP contribution in [0.4, 0.5) is 18.0 Å². The molecule has 1 N–H and O–H groups in total. The lowest BCUT2D eigenvalue weighted by Crippen LogP contribution is -2.42. The Kier molecular flexibility index (Phi) is 9.63. The number of carbonyl (C=O) groups excluding carboxylic acids is 3. The summed E-state index contributed by atoms with van der Waals surface area (Å²) in [6.07, 6.45) is -6.43. The van der Waals surface area contributed by atoms with Gasteiger partial charge in [-0.1, -0.05) is 42.0 Å². The maximum absolute atomic E-state index is 13.6. The van der Waals surface area contributed by atoms with Gasteiger partial charge in [0.25, 0.3) is 21.8 Å². The predicted molar refractivity (Wildman–Crippen MR) is 174 cm³/mol. The van der Waals surface area contributed by atoms with E-state index in [4.69, 9.17) is 9.57 Å². The van der Waals surface area contributed by atoms with Crippen LogP contribution in [-0.2, 0) is 25.8 Å². The summed E-state index contributed by atoms with van der Waals surface area (Å²) in [7, 11) is -4.49. The Balaban J connectivity index is 1.07. The Labute approximate surface area is 294 Å². The second kappa shape index (κ2) is 14.0. The van der Waals surface area contributed by atoms with Crippen molar-refractivity contribution in [3.63, 3.8) is 0 Å². The second-order valence-electron chi connectivity index (χ2n) is 11.9. The van der Waals surface area contributed by atoms with E-state index in [1.807, 2.05) is 6.92 Å². The smallest absolute Gasteiger partial charge is 0.435 e. The van der Waals surface area contributed by atoms with Gasteiger partial charge in [-0.2, -0.15) is 18.3 Å². The van der Waals surface area contributed by atoms with Crippen LogP contribution in [0.1, 0.15) is 51.7 Å². The van der Waals surface area contributed by atoms with Gasteiger partial charge < -0.3 is 14.8 Å². The SMILES string of the molecule is Cc1ccc(-c2cc(C(F)(F)F)nn2-c2ccc(S(=O)(=O)NC(=O)OC[C@@H]3CCCN3/[N+]([O-])=N\OC(C)N3C(=O)c4ccccc4C3=O)cc2)cc1. The minimum absolute atomic E-state index is 0.105. The molecule has 0 saturated carbocycles. The summed E-state index contributed by atoms with van der Waals surface area (Å²) in [6, 6.07) is 17.8. The number of imide groups is 1. The first kappa shape index (κ1) is 35.8. The van der Waals surface area contributed by atoms with Crippen LogP contribution in [0.25, 0.3) is 16.9 Å². The van der Waals surface area contributed by atoms with Gasteiger partial charge in [0.05, 0.1) is 38.9 Å². The molecule has 6 rings (SSSR count). The van der Waals surface area contributed by atoms with E-state index in [0.29, 0.717) is 18.4 Å². The van der Waals surface area contributed by atoms with Gasteiger partial charge in [-0.3, -0.25) is 9.59 Å². The molecule has 3 amide bonds. The number of rotatable bonds is 10. The highest BCUT2D eigenvalue weighted by atomic mass is 32.2. The molecule has 2 aliphatic heterocycles. The van der Waals surface area contributed by atoms with E-state index in [0.717, 1.165) is 33.3 Å². The summed E-state index contributed by atoms with van der Waals surface area (Å²) < 4.78 is 74.5. The first-order chi connectivity index (χ1) is 24.6. The van der Waals surface area contributed by atoms with Crippen LogP contribution >= 0.6 is 0 Å². The van der Waals surface area contributed by atoms with E-state index < -0.39 is 58.7 Å². The summed E-state index contributed by atoms with van der Waals surface area (Å²) in [5.74, 6) is -1.20. The summed E-state index contributed by atoms with van der Waals surface area (Å²) >= 11 is 0. The highest BCUT2D eigenvalue weighted by Crippen LogP contribution is 2.33. The molecule has 52 heavy (non-hydrogen) atoms. The number of halogens is 3. The molecule has 1 saturated heterocycles. The van der Waals surface area contributed by atoms with E-state index >= 15 is 0 Å². The van der Waals surface area contributed by atoms with E-state index in [1.54, 1.807) is 41.1 Å². The van der Waals surface area contributed by atoms with E-state index in [1.165, 1.54) is 36.2 Å². The van der Waals surface area contributed by atoms with Gasteiger partial charge >= 0.3 is 12.3 Å². The largest absolute Gasteiger partial charge is 0.569 e. The molecular weight excluding hydrogens is 711 g/mol. The highest BCUT2D eigenvalue weighted by molar-refractivity contribution is 7.90. The van der Waals surface area contributed by atoms with Crippen LogP contribution in [0.3, 0.4) is 0 Å². The number of amides is 3. The zero-order valence-electron chi connectivity index (χ0n) is 27.5. The number of hydrazine groups is 1. The van der Waals surface area contributed by atoms with Crippen LogP contribution in [-0.4, -0.2) is 76.4 Å². The Morgan fingerprint density at radius 3 is 2.31 bits per heavy atom. The van der Waals surface area contributed by atoms with Crippen LogP contribution in [0.5, 0.6) is 0 Å². The average Bonchev–Trinajstić information content (AvgIpc) is 3.83. The molecule has 3 aromatic carbocycles. The normalized spacial score (nSPS) is 16.9. The number of sulfonamides is 1. The first-order valence-electron chi connectivity index (χ1n) is 15.8. The summed E-state index contributed by atoms with van der Waals surface area (Å²) in [5.41, 5.74) is 0.854.